The molecule has 0 radical (unpaired) electrons. The van der Waals surface area contributed by atoms with Crippen molar-refractivity contribution in [1.82, 2.24) is 5.32 Å². The van der Waals surface area contributed by atoms with Crippen molar-refractivity contribution >= 4 is 21.6 Å². The van der Waals surface area contributed by atoms with Gasteiger partial charge < -0.3 is 11.1 Å². The van der Waals surface area contributed by atoms with Crippen molar-refractivity contribution in [2.75, 3.05) is 31.6 Å². The Bertz CT molecular complexity index is 53.7. The molecule has 0 aromatic heterocycles. The highest BCUT2D eigenvalue weighted by molar-refractivity contribution is 8.76. The van der Waals surface area contributed by atoms with Gasteiger partial charge in [0.2, 0.25) is 0 Å². The van der Waals surface area contributed by atoms with Gasteiger partial charge in [0.1, 0.15) is 0 Å². The van der Waals surface area contributed by atoms with Crippen LogP contribution in [-0.2, 0) is 0 Å². The van der Waals surface area contributed by atoms with E-state index < -0.39 is 0 Å². The van der Waals surface area contributed by atoms with Crippen molar-refractivity contribution in [1.29, 1.82) is 0 Å². The van der Waals surface area contributed by atoms with Gasteiger partial charge in [0.15, 0.2) is 0 Å². The van der Waals surface area contributed by atoms with Gasteiger partial charge in [-0.05, 0) is 25.8 Å². The molecule has 62 valence electrons. The van der Waals surface area contributed by atoms with E-state index >= 15 is 0 Å². The normalized spacial score (nSPS) is 10.2. The molecule has 0 saturated heterocycles. The van der Waals surface area contributed by atoms with Crippen LogP contribution in [0.1, 0.15) is 6.42 Å². The summed E-state index contributed by atoms with van der Waals surface area (Å²) in [6.07, 6.45) is 3.19. The van der Waals surface area contributed by atoms with Crippen LogP contribution in [0, 0.1) is 0 Å². The molecule has 0 unspecified atom stereocenters. The van der Waals surface area contributed by atoms with Crippen LogP contribution in [-0.4, -0.2) is 31.6 Å². The van der Waals surface area contributed by atoms with Crippen LogP contribution in [0.3, 0.4) is 0 Å². The lowest BCUT2D eigenvalue weighted by molar-refractivity contribution is 0.683. The molecular formula is C6H16N2S2. The van der Waals surface area contributed by atoms with E-state index in [2.05, 4.69) is 11.6 Å². The minimum absolute atomic E-state index is 0.794. The van der Waals surface area contributed by atoms with E-state index in [1.54, 1.807) is 0 Å². The number of rotatable bonds is 7. The molecule has 0 aliphatic rings. The molecule has 0 aromatic carbocycles. The van der Waals surface area contributed by atoms with Crippen LogP contribution in [0.15, 0.2) is 0 Å². The number of hydrogen-bond acceptors (Lipinski definition) is 4. The Kier molecular flexibility index (Phi) is 10.2. The van der Waals surface area contributed by atoms with E-state index in [9.17, 15) is 0 Å². The summed E-state index contributed by atoms with van der Waals surface area (Å²) < 4.78 is 0. The molecule has 0 heterocycles. The lowest BCUT2D eigenvalue weighted by Gasteiger charge is -2.00. The zero-order valence-corrected chi connectivity index (χ0v) is 8.06. The Labute approximate surface area is 71.1 Å². The highest BCUT2D eigenvalue weighted by atomic mass is 33.1. The van der Waals surface area contributed by atoms with Crippen LogP contribution in [0.5, 0.6) is 0 Å². The maximum Gasteiger partial charge on any atom is 0.0162 e. The monoisotopic (exact) mass is 180 g/mol. The predicted molar refractivity (Wildman–Crippen MR) is 52.5 cm³/mol. The molecule has 0 bridgehead atoms. The fraction of sp³-hybridized carbons (Fsp3) is 1.00. The molecule has 0 atom stereocenters. The first kappa shape index (κ1) is 10.6. The van der Waals surface area contributed by atoms with E-state index in [-0.39, 0.29) is 0 Å². The Morgan fingerprint density at radius 1 is 1.40 bits per heavy atom. The molecule has 0 aliphatic heterocycles. The molecular weight excluding hydrogens is 164 g/mol. The summed E-state index contributed by atoms with van der Waals surface area (Å²) >= 11 is 0. The van der Waals surface area contributed by atoms with Gasteiger partial charge in [0, 0.05) is 12.3 Å². The molecule has 0 amide bonds. The van der Waals surface area contributed by atoms with E-state index in [1.165, 1.54) is 5.75 Å². The number of hydrogen-bond donors (Lipinski definition) is 2. The van der Waals surface area contributed by atoms with Crippen molar-refractivity contribution in [3.63, 3.8) is 0 Å². The molecule has 0 saturated carbocycles. The zero-order valence-electron chi connectivity index (χ0n) is 6.43. The molecule has 10 heavy (non-hydrogen) atoms. The van der Waals surface area contributed by atoms with Crippen molar-refractivity contribution in [2.24, 2.45) is 5.73 Å². The SMILES string of the molecule is CSSCCNCCCN. The minimum atomic E-state index is 0.794. The minimum Gasteiger partial charge on any atom is -0.330 e. The summed E-state index contributed by atoms with van der Waals surface area (Å²) in [5.74, 6) is 1.19. The maximum atomic E-state index is 5.32. The molecule has 0 aromatic rings. The van der Waals surface area contributed by atoms with Crippen molar-refractivity contribution < 1.29 is 0 Å². The first-order valence-electron chi connectivity index (χ1n) is 3.48. The maximum absolute atomic E-state index is 5.32. The van der Waals surface area contributed by atoms with E-state index in [0.29, 0.717) is 0 Å². The van der Waals surface area contributed by atoms with Crippen LogP contribution in [0.2, 0.25) is 0 Å². The predicted octanol–water partition coefficient (Wildman–Crippen LogP) is 0.936. The highest BCUT2D eigenvalue weighted by Crippen LogP contribution is 2.14. The summed E-state index contributed by atoms with van der Waals surface area (Å²) in [6.45, 7) is 2.96. The van der Waals surface area contributed by atoms with Gasteiger partial charge in [-0.25, -0.2) is 0 Å². The van der Waals surface area contributed by atoms with Gasteiger partial charge in [-0.3, -0.25) is 0 Å². The summed E-state index contributed by atoms with van der Waals surface area (Å²) in [4.78, 5) is 0. The lowest BCUT2D eigenvalue weighted by Crippen LogP contribution is -2.20. The number of nitrogens with one attached hydrogen (secondary N) is 1. The second-order valence-electron chi connectivity index (χ2n) is 1.88. The van der Waals surface area contributed by atoms with Gasteiger partial charge in [-0.15, -0.1) is 0 Å². The van der Waals surface area contributed by atoms with Crippen LogP contribution in [0.25, 0.3) is 0 Å². The van der Waals surface area contributed by atoms with Crippen LogP contribution in [0.4, 0.5) is 0 Å². The van der Waals surface area contributed by atoms with Gasteiger partial charge >= 0.3 is 0 Å². The molecule has 4 heteroatoms. The topological polar surface area (TPSA) is 38.0 Å². The van der Waals surface area contributed by atoms with E-state index in [0.717, 1.165) is 26.1 Å². The Morgan fingerprint density at radius 2 is 2.20 bits per heavy atom. The second-order valence-corrected chi connectivity index (χ2v) is 4.57. The highest BCUT2D eigenvalue weighted by Gasteiger charge is 1.85. The van der Waals surface area contributed by atoms with E-state index in [1.807, 2.05) is 21.6 Å². The average Bonchev–Trinajstić information content (AvgIpc) is 1.97. The van der Waals surface area contributed by atoms with Gasteiger partial charge in [-0.2, -0.15) is 0 Å². The fourth-order valence-corrected chi connectivity index (χ4v) is 1.69. The van der Waals surface area contributed by atoms with Gasteiger partial charge in [0.05, 0.1) is 0 Å². The van der Waals surface area contributed by atoms with Crippen LogP contribution >= 0.6 is 21.6 Å². The first-order valence-corrected chi connectivity index (χ1v) is 6.21. The standard InChI is InChI=1S/C6H16N2S2/c1-9-10-6-5-8-4-2-3-7/h8H,2-7H2,1H3. The van der Waals surface area contributed by atoms with E-state index in [4.69, 9.17) is 5.73 Å². The van der Waals surface area contributed by atoms with Gasteiger partial charge in [0.25, 0.3) is 0 Å². The molecule has 0 aliphatic carbocycles. The number of nitrogens with two attached hydrogens (primary N) is 1. The summed E-state index contributed by atoms with van der Waals surface area (Å²) in [5, 5.41) is 3.31. The Morgan fingerprint density at radius 3 is 2.80 bits per heavy atom. The lowest BCUT2D eigenvalue weighted by atomic mass is 10.4. The zero-order chi connectivity index (χ0) is 7.66. The molecule has 3 N–H and O–H groups in total. The third-order valence-corrected chi connectivity index (χ3v) is 2.85. The average molecular weight is 180 g/mol. The smallest absolute Gasteiger partial charge is 0.0162 e. The third kappa shape index (κ3) is 8.62. The Balaban J connectivity index is 2.65. The Hall–Kier alpha value is 0.620. The summed E-state index contributed by atoms with van der Waals surface area (Å²) in [7, 11) is 3.71. The van der Waals surface area contributed by atoms with Crippen molar-refractivity contribution in [3.8, 4) is 0 Å². The molecule has 0 rings (SSSR count). The third-order valence-electron chi connectivity index (χ3n) is 1.04. The fourth-order valence-electron chi connectivity index (χ4n) is 0.549. The summed E-state index contributed by atoms with van der Waals surface area (Å²) in [5.41, 5.74) is 5.32. The van der Waals surface area contributed by atoms with Crippen LogP contribution < -0.4 is 11.1 Å². The second kappa shape index (κ2) is 9.62. The van der Waals surface area contributed by atoms with Gasteiger partial charge in [-0.1, -0.05) is 21.6 Å². The molecule has 0 spiro atoms. The summed E-state index contributed by atoms with van der Waals surface area (Å²) in [6, 6.07) is 0. The molecule has 2 nitrogen and oxygen atoms in total. The quantitative estimate of drug-likeness (QED) is 0.452. The largest absolute Gasteiger partial charge is 0.330 e. The van der Waals surface area contributed by atoms with Crippen molar-refractivity contribution in [2.45, 2.75) is 6.42 Å². The molecule has 0 fully saturated rings. The van der Waals surface area contributed by atoms with Crippen molar-refractivity contribution in [3.05, 3.63) is 0 Å². The first-order chi connectivity index (χ1) is 4.91.